The standard InChI is InChI=1S/C12H15N3O3S/c1-18-7-5-10-11(12(16)17)13-14-15(10)6-4-9-3-2-8-19-9/h2-3,8H,4-7H2,1H3,(H,16,17). The van der Waals surface area contributed by atoms with E-state index in [-0.39, 0.29) is 5.69 Å². The number of carbonyl (C=O) groups is 1. The second-order valence-corrected chi connectivity index (χ2v) is 5.02. The molecule has 0 saturated carbocycles. The van der Waals surface area contributed by atoms with Crippen molar-refractivity contribution < 1.29 is 14.6 Å². The zero-order valence-corrected chi connectivity index (χ0v) is 11.4. The Morgan fingerprint density at radius 1 is 1.53 bits per heavy atom. The van der Waals surface area contributed by atoms with Crippen molar-refractivity contribution in [3.05, 3.63) is 33.8 Å². The van der Waals surface area contributed by atoms with Gasteiger partial charge in [0, 0.05) is 31.4 Å². The topological polar surface area (TPSA) is 77.2 Å². The van der Waals surface area contributed by atoms with E-state index in [1.54, 1.807) is 23.1 Å². The Labute approximate surface area is 114 Å². The van der Waals surface area contributed by atoms with E-state index < -0.39 is 5.97 Å². The van der Waals surface area contributed by atoms with Gasteiger partial charge >= 0.3 is 5.97 Å². The predicted molar refractivity (Wildman–Crippen MR) is 70.6 cm³/mol. The van der Waals surface area contributed by atoms with Crippen LogP contribution in [0.25, 0.3) is 0 Å². The molecule has 102 valence electrons. The number of aryl methyl sites for hydroxylation is 2. The lowest BCUT2D eigenvalue weighted by Gasteiger charge is -2.05. The molecular formula is C12H15N3O3S. The molecule has 0 atom stereocenters. The third-order valence-electron chi connectivity index (χ3n) is 2.73. The fourth-order valence-corrected chi connectivity index (χ4v) is 2.49. The van der Waals surface area contributed by atoms with Crippen LogP contribution in [0.3, 0.4) is 0 Å². The number of rotatable bonds is 7. The van der Waals surface area contributed by atoms with Gasteiger partial charge in [-0.05, 0) is 11.4 Å². The third-order valence-corrected chi connectivity index (χ3v) is 3.67. The van der Waals surface area contributed by atoms with Crippen LogP contribution < -0.4 is 0 Å². The maximum Gasteiger partial charge on any atom is 0.358 e. The Morgan fingerprint density at radius 3 is 3.00 bits per heavy atom. The number of aromatic carboxylic acids is 1. The predicted octanol–water partition coefficient (Wildman–Crippen LogP) is 1.47. The van der Waals surface area contributed by atoms with E-state index in [1.165, 1.54) is 4.88 Å². The highest BCUT2D eigenvalue weighted by molar-refractivity contribution is 7.09. The Kier molecular flexibility index (Phi) is 4.64. The smallest absolute Gasteiger partial charge is 0.358 e. The summed E-state index contributed by atoms with van der Waals surface area (Å²) in [6.07, 6.45) is 1.32. The number of thiophene rings is 1. The van der Waals surface area contributed by atoms with Crippen LogP contribution in [0, 0.1) is 0 Å². The fourth-order valence-electron chi connectivity index (χ4n) is 1.80. The molecule has 2 heterocycles. The van der Waals surface area contributed by atoms with Gasteiger partial charge in [-0.3, -0.25) is 0 Å². The van der Waals surface area contributed by atoms with Crippen molar-refractivity contribution in [3.8, 4) is 0 Å². The minimum Gasteiger partial charge on any atom is -0.476 e. The van der Waals surface area contributed by atoms with Crippen molar-refractivity contribution in [1.29, 1.82) is 0 Å². The number of aromatic nitrogens is 3. The second kappa shape index (κ2) is 6.44. The minimum atomic E-state index is -1.05. The van der Waals surface area contributed by atoms with Crippen LogP contribution in [0.15, 0.2) is 17.5 Å². The molecule has 2 rings (SSSR count). The molecule has 0 amide bonds. The molecule has 0 spiro atoms. The lowest BCUT2D eigenvalue weighted by molar-refractivity contribution is 0.0688. The summed E-state index contributed by atoms with van der Waals surface area (Å²) < 4.78 is 6.65. The van der Waals surface area contributed by atoms with Gasteiger partial charge in [-0.15, -0.1) is 16.4 Å². The largest absolute Gasteiger partial charge is 0.476 e. The van der Waals surface area contributed by atoms with Gasteiger partial charge in [-0.1, -0.05) is 11.3 Å². The van der Waals surface area contributed by atoms with Crippen LogP contribution in [0.1, 0.15) is 21.1 Å². The van der Waals surface area contributed by atoms with Gasteiger partial charge in [-0.2, -0.15) is 0 Å². The molecule has 2 aromatic rings. The zero-order chi connectivity index (χ0) is 13.7. The first-order chi connectivity index (χ1) is 9.22. The molecule has 6 nitrogen and oxygen atoms in total. The van der Waals surface area contributed by atoms with E-state index in [0.717, 1.165) is 6.42 Å². The van der Waals surface area contributed by atoms with Crippen LogP contribution >= 0.6 is 11.3 Å². The number of ether oxygens (including phenoxy) is 1. The number of hydrogen-bond donors (Lipinski definition) is 1. The number of nitrogens with zero attached hydrogens (tertiary/aromatic N) is 3. The molecule has 0 radical (unpaired) electrons. The SMILES string of the molecule is COCCc1c(C(=O)O)nnn1CCc1cccs1. The molecule has 1 N–H and O–H groups in total. The highest BCUT2D eigenvalue weighted by atomic mass is 32.1. The zero-order valence-electron chi connectivity index (χ0n) is 10.6. The van der Waals surface area contributed by atoms with E-state index in [9.17, 15) is 4.79 Å². The first kappa shape index (κ1) is 13.7. The Bertz CT molecular complexity index is 536. The summed E-state index contributed by atoms with van der Waals surface area (Å²) in [4.78, 5) is 12.3. The summed E-state index contributed by atoms with van der Waals surface area (Å²) in [7, 11) is 1.58. The summed E-state index contributed by atoms with van der Waals surface area (Å²) in [5.41, 5.74) is 0.633. The number of methoxy groups -OCH3 is 1. The molecule has 0 aromatic carbocycles. The maximum atomic E-state index is 11.1. The molecule has 0 saturated heterocycles. The molecular weight excluding hydrogens is 266 g/mol. The summed E-state index contributed by atoms with van der Waals surface area (Å²) in [5.74, 6) is -1.05. The first-order valence-electron chi connectivity index (χ1n) is 5.89. The van der Waals surface area contributed by atoms with E-state index in [0.29, 0.717) is 25.3 Å². The van der Waals surface area contributed by atoms with Crippen molar-refractivity contribution in [3.63, 3.8) is 0 Å². The quantitative estimate of drug-likeness (QED) is 0.831. The van der Waals surface area contributed by atoms with E-state index in [1.807, 2.05) is 11.4 Å². The van der Waals surface area contributed by atoms with Crippen LogP contribution in [0.5, 0.6) is 0 Å². The number of carboxylic acid groups (broad SMARTS) is 1. The van der Waals surface area contributed by atoms with Crippen LogP contribution in [0.4, 0.5) is 0 Å². The molecule has 0 aliphatic carbocycles. The second-order valence-electron chi connectivity index (χ2n) is 3.99. The van der Waals surface area contributed by atoms with Gasteiger partial charge in [0.15, 0.2) is 5.69 Å². The van der Waals surface area contributed by atoms with Gasteiger partial charge < -0.3 is 9.84 Å². The summed E-state index contributed by atoms with van der Waals surface area (Å²) >= 11 is 1.68. The molecule has 0 aliphatic heterocycles. The Balaban J connectivity index is 2.12. The molecule has 19 heavy (non-hydrogen) atoms. The van der Waals surface area contributed by atoms with E-state index >= 15 is 0 Å². The van der Waals surface area contributed by atoms with Gasteiger partial charge in [0.2, 0.25) is 0 Å². The van der Waals surface area contributed by atoms with E-state index in [4.69, 9.17) is 9.84 Å². The summed E-state index contributed by atoms with van der Waals surface area (Å²) in [6, 6.07) is 4.05. The number of hydrogen-bond acceptors (Lipinski definition) is 5. The normalized spacial score (nSPS) is 10.8. The van der Waals surface area contributed by atoms with Crippen molar-refractivity contribution in [2.45, 2.75) is 19.4 Å². The van der Waals surface area contributed by atoms with Gasteiger partial charge in [0.25, 0.3) is 0 Å². The monoisotopic (exact) mass is 281 g/mol. The highest BCUT2D eigenvalue weighted by Crippen LogP contribution is 2.12. The van der Waals surface area contributed by atoms with Crippen LogP contribution in [-0.2, 0) is 24.1 Å². The molecule has 0 aliphatic rings. The number of carboxylic acids is 1. The Hall–Kier alpha value is -1.73. The van der Waals surface area contributed by atoms with Gasteiger partial charge in [0.05, 0.1) is 12.3 Å². The lowest BCUT2D eigenvalue weighted by atomic mass is 10.2. The average molecular weight is 281 g/mol. The third kappa shape index (κ3) is 3.39. The van der Waals surface area contributed by atoms with E-state index in [2.05, 4.69) is 16.4 Å². The average Bonchev–Trinajstić information content (AvgIpc) is 3.03. The summed E-state index contributed by atoms with van der Waals surface area (Å²) in [5, 5.41) is 18.7. The Morgan fingerprint density at radius 2 is 2.37 bits per heavy atom. The fraction of sp³-hybridized carbons (Fsp3) is 0.417. The van der Waals surface area contributed by atoms with Crippen molar-refractivity contribution in [2.24, 2.45) is 0 Å². The molecule has 0 fully saturated rings. The van der Waals surface area contributed by atoms with Crippen molar-refractivity contribution >= 4 is 17.3 Å². The highest BCUT2D eigenvalue weighted by Gasteiger charge is 2.18. The van der Waals surface area contributed by atoms with Crippen LogP contribution in [0.2, 0.25) is 0 Å². The first-order valence-corrected chi connectivity index (χ1v) is 6.77. The van der Waals surface area contributed by atoms with Gasteiger partial charge in [0.1, 0.15) is 0 Å². The van der Waals surface area contributed by atoms with Crippen molar-refractivity contribution in [1.82, 2.24) is 15.0 Å². The summed E-state index contributed by atoms with van der Waals surface area (Å²) in [6.45, 7) is 1.08. The molecule has 2 aromatic heterocycles. The molecule has 0 unspecified atom stereocenters. The lowest BCUT2D eigenvalue weighted by Crippen LogP contribution is -2.12. The maximum absolute atomic E-state index is 11.1. The molecule has 0 bridgehead atoms. The van der Waals surface area contributed by atoms with Crippen LogP contribution in [-0.4, -0.2) is 39.8 Å². The van der Waals surface area contributed by atoms with Gasteiger partial charge in [-0.25, -0.2) is 9.48 Å². The molecule has 7 heteroatoms. The minimum absolute atomic E-state index is 0.0169. The van der Waals surface area contributed by atoms with Crippen molar-refractivity contribution in [2.75, 3.05) is 13.7 Å².